The van der Waals surface area contributed by atoms with Gasteiger partial charge in [-0.05, 0) is 35.7 Å². The van der Waals surface area contributed by atoms with E-state index in [4.69, 9.17) is 11.6 Å². The fourth-order valence-electron chi connectivity index (χ4n) is 2.43. The molecule has 19 heavy (non-hydrogen) atoms. The first-order valence-corrected chi connectivity index (χ1v) is 7.95. The Bertz CT molecular complexity index is 597. The van der Waals surface area contributed by atoms with Gasteiger partial charge in [-0.25, -0.2) is 0 Å². The Hall–Kier alpha value is -1.12. The molecule has 1 aliphatic heterocycles. The van der Waals surface area contributed by atoms with Crippen LogP contribution in [0.1, 0.15) is 22.7 Å². The third-order valence-corrected chi connectivity index (χ3v) is 4.82. The van der Waals surface area contributed by atoms with Crippen LogP contribution in [-0.4, -0.2) is 5.75 Å². The normalized spacial score (nSPS) is 17.9. The fraction of sp³-hybridized carbons (Fsp3) is 0.250. The van der Waals surface area contributed by atoms with Gasteiger partial charge in [0.05, 0.1) is 16.8 Å². The smallest absolute Gasteiger partial charge is 0.0640 e. The van der Waals surface area contributed by atoms with Crippen molar-refractivity contribution in [1.82, 2.24) is 0 Å². The molecule has 2 aromatic carbocycles. The molecule has 3 rings (SSSR count). The Kier molecular flexibility index (Phi) is 3.72. The largest absolute Gasteiger partial charge is 0.376 e. The highest BCUT2D eigenvalue weighted by Gasteiger charge is 2.20. The van der Waals surface area contributed by atoms with E-state index < -0.39 is 0 Å². The van der Waals surface area contributed by atoms with Crippen molar-refractivity contribution in [2.75, 3.05) is 11.1 Å². The summed E-state index contributed by atoms with van der Waals surface area (Å²) in [5.41, 5.74) is 5.04. The maximum Gasteiger partial charge on any atom is 0.0640 e. The second-order valence-corrected chi connectivity index (χ2v) is 6.33. The van der Waals surface area contributed by atoms with Crippen LogP contribution in [0.2, 0.25) is 5.02 Å². The van der Waals surface area contributed by atoms with Crippen LogP contribution in [0.5, 0.6) is 0 Å². The van der Waals surface area contributed by atoms with E-state index in [1.807, 2.05) is 17.8 Å². The fourth-order valence-corrected chi connectivity index (χ4v) is 3.82. The number of benzene rings is 2. The monoisotopic (exact) mass is 289 g/mol. The van der Waals surface area contributed by atoms with E-state index in [2.05, 4.69) is 48.6 Å². The summed E-state index contributed by atoms with van der Waals surface area (Å²) in [6.07, 6.45) is 0. The number of halogens is 1. The SMILES string of the molecule is Cc1ccc(NC2CSCc3ccccc32)c(Cl)c1. The molecule has 1 atom stereocenters. The Morgan fingerprint density at radius 2 is 2.05 bits per heavy atom. The Morgan fingerprint density at radius 1 is 1.21 bits per heavy atom. The van der Waals surface area contributed by atoms with E-state index >= 15 is 0 Å². The number of thioether (sulfide) groups is 1. The van der Waals surface area contributed by atoms with Crippen LogP contribution < -0.4 is 5.32 Å². The number of fused-ring (bicyclic) bond motifs is 1. The first kappa shape index (κ1) is 12.9. The molecule has 0 fully saturated rings. The van der Waals surface area contributed by atoms with Gasteiger partial charge in [0.15, 0.2) is 0 Å². The van der Waals surface area contributed by atoms with Crippen LogP contribution in [0.4, 0.5) is 5.69 Å². The standard InChI is InChI=1S/C16H16ClNS/c1-11-6-7-15(14(17)8-11)18-16-10-19-9-12-4-2-3-5-13(12)16/h2-8,16,18H,9-10H2,1H3. The van der Waals surface area contributed by atoms with Gasteiger partial charge >= 0.3 is 0 Å². The second kappa shape index (κ2) is 5.48. The minimum atomic E-state index is 0.343. The van der Waals surface area contributed by atoms with Crippen LogP contribution in [-0.2, 0) is 5.75 Å². The third-order valence-electron chi connectivity index (χ3n) is 3.43. The lowest BCUT2D eigenvalue weighted by Gasteiger charge is -2.27. The lowest BCUT2D eigenvalue weighted by molar-refractivity contribution is 0.871. The number of hydrogen-bond donors (Lipinski definition) is 1. The highest BCUT2D eigenvalue weighted by atomic mass is 35.5. The van der Waals surface area contributed by atoms with E-state index in [0.717, 1.165) is 22.2 Å². The van der Waals surface area contributed by atoms with Crippen molar-refractivity contribution in [3.8, 4) is 0 Å². The molecule has 0 saturated carbocycles. The number of anilines is 1. The summed E-state index contributed by atoms with van der Waals surface area (Å²) in [6, 6.07) is 15.2. The first-order valence-electron chi connectivity index (χ1n) is 6.42. The van der Waals surface area contributed by atoms with E-state index in [1.54, 1.807) is 0 Å². The molecule has 1 nitrogen and oxygen atoms in total. The molecule has 0 aliphatic carbocycles. The lowest BCUT2D eigenvalue weighted by atomic mass is 10.0. The molecule has 0 amide bonds. The van der Waals surface area contributed by atoms with E-state index in [1.165, 1.54) is 16.7 Å². The summed E-state index contributed by atoms with van der Waals surface area (Å²) >= 11 is 8.27. The van der Waals surface area contributed by atoms with Gasteiger partial charge in [-0.15, -0.1) is 0 Å². The van der Waals surface area contributed by atoms with Crippen molar-refractivity contribution in [1.29, 1.82) is 0 Å². The van der Waals surface area contributed by atoms with E-state index in [0.29, 0.717) is 6.04 Å². The van der Waals surface area contributed by atoms with E-state index in [-0.39, 0.29) is 0 Å². The maximum absolute atomic E-state index is 6.31. The number of rotatable bonds is 2. The minimum Gasteiger partial charge on any atom is -0.376 e. The summed E-state index contributed by atoms with van der Waals surface area (Å²) in [5, 5.41) is 4.38. The van der Waals surface area contributed by atoms with Crippen molar-refractivity contribution >= 4 is 29.1 Å². The zero-order valence-electron chi connectivity index (χ0n) is 10.8. The summed E-state index contributed by atoms with van der Waals surface area (Å²) in [6.45, 7) is 2.06. The summed E-state index contributed by atoms with van der Waals surface area (Å²) in [5.74, 6) is 2.19. The topological polar surface area (TPSA) is 12.0 Å². The van der Waals surface area contributed by atoms with Crippen LogP contribution in [0.25, 0.3) is 0 Å². The van der Waals surface area contributed by atoms with Gasteiger partial charge in [0.2, 0.25) is 0 Å². The quantitative estimate of drug-likeness (QED) is 0.830. The molecule has 2 aromatic rings. The Labute approximate surface area is 123 Å². The summed E-state index contributed by atoms with van der Waals surface area (Å²) < 4.78 is 0. The lowest BCUT2D eigenvalue weighted by Crippen LogP contribution is -2.18. The zero-order chi connectivity index (χ0) is 13.2. The molecular formula is C16H16ClNS. The van der Waals surface area contributed by atoms with Crippen LogP contribution in [0, 0.1) is 6.92 Å². The average Bonchev–Trinajstić information content (AvgIpc) is 2.42. The van der Waals surface area contributed by atoms with Crippen molar-refractivity contribution in [3.05, 3.63) is 64.2 Å². The van der Waals surface area contributed by atoms with Gasteiger partial charge in [-0.1, -0.05) is 41.9 Å². The van der Waals surface area contributed by atoms with Gasteiger partial charge in [-0.2, -0.15) is 11.8 Å². The first-order chi connectivity index (χ1) is 9.24. The molecule has 3 heteroatoms. The molecule has 0 spiro atoms. The van der Waals surface area contributed by atoms with E-state index in [9.17, 15) is 0 Å². The van der Waals surface area contributed by atoms with Gasteiger partial charge in [0, 0.05) is 11.5 Å². The molecule has 1 heterocycles. The molecule has 1 unspecified atom stereocenters. The summed E-state index contributed by atoms with van der Waals surface area (Å²) in [7, 11) is 0. The molecule has 1 aliphatic rings. The molecule has 98 valence electrons. The molecule has 1 N–H and O–H groups in total. The Morgan fingerprint density at radius 3 is 2.89 bits per heavy atom. The Balaban J connectivity index is 1.88. The average molecular weight is 290 g/mol. The van der Waals surface area contributed by atoms with Crippen molar-refractivity contribution in [2.24, 2.45) is 0 Å². The van der Waals surface area contributed by atoms with Crippen molar-refractivity contribution < 1.29 is 0 Å². The molecule has 0 radical (unpaired) electrons. The molecule has 0 aromatic heterocycles. The van der Waals surface area contributed by atoms with Gasteiger partial charge in [0.25, 0.3) is 0 Å². The highest BCUT2D eigenvalue weighted by Crippen LogP contribution is 2.35. The molecular weight excluding hydrogens is 274 g/mol. The van der Waals surface area contributed by atoms with Crippen LogP contribution >= 0.6 is 23.4 Å². The highest BCUT2D eigenvalue weighted by molar-refractivity contribution is 7.98. The predicted molar refractivity (Wildman–Crippen MR) is 85.2 cm³/mol. The third kappa shape index (κ3) is 2.75. The molecule has 0 bridgehead atoms. The predicted octanol–water partition coefficient (Wildman–Crippen LogP) is 5.05. The van der Waals surface area contributed by atoms with Crippen molar-refractivity contribution in [2.45, 2.75) is 18.7 Å². The van der Waals surface area contributed by atoms with Gasteiger partial charge in [0.1, 0.15) is 0 Å². The van der Waals surface area contributed by atoms with Crippen LogP contribution in [0.3, 0.4) is 0 Å². The minimum absolute atomic E-state index is 0.343. The number of hydrogen-bond acceptors (Lipinski definition) is 2. The van der Waals surface area contributed by atoms with Crippen molar-refractivity contribution in [3.63, 3.8) is 0 Å². The van der Waals surface area contributed by atoms with Crippen LogP contribution in [0.15, 0.2) is 42.5 Å². The summed E-state index contributed by atoms with van der Waals surface area (Å²) in [4.78, 5) is 0. The van der Waals surface area contributed by atoms with Gasteiger partial charge < -0.3 is 5.32 Å². The maximum atomic E-state index is 6.31. The zero-order valence-corrected chi connectivity index (χ0v) is 12.4. The second-order valence-electron chi connectivity index (χ2n) is 4.89. The van der Waals surface area contributed by atoms with Gasteiger partial charge in [-0.3, -0.25) is 0 Å². The number of aryl methyl sites for hydroxylation is 1. The number of nitrogens with one attached hydrogen (secondary N) is 1. The molecule has 0 saturated heterocycles.